The molecule has 2 aromatic heterocycles. The maximum atomic E-state index is 12.4. The van der Waals surface area contributed by atoms with Gasteiger partial charge in [-0.3, -0.25) is 0 Å². The highest BCUT2D eigenvalue weighted by molar-refractivity contribution is 7.22. The molecule has 0 spiro atoms. The minimum absolute atomic E-state index is 0.0787. The normalized spacial score (nSPS) is 10.5. The lowest BCUT2D eigenvalue weighted by Crippen LogP contribution is -2.06. The molecule has 2 heterocycles. The molecule has 0 aliphatic rings. The predicted octanol–water partition coefficient (Wildman–Crippen LogP) is 4.32. The van der Waals surface area contributed by atoms with Crippen molar-refractivity contribution in [1.82, 2.24) is 4.98 Å². The Morgan fingerprint density at radius 2 is 2.00 bits per heavy atom. The molecule has 3 aromatic rings. The second-order valence-corrected chi connectivity index (χ2v) is 7.13. The number of esters is 2. The number of carbonyl (C=O) groups is 2. The molecule has 0 radical (unpaired) electrons. The number of thiazole rings is 1. The van der Waals surface area contributed by atoms with Gasteiger partial charge >= 0.3 is 11.9 Å². The highest BCUT2D eigenvalue weighted by Crippen LogP contribution is 2.31. The van der Waals surface area contributed by atoms with Crippen molar-refractivity contribution in [2.24, 2.45) is 0 Å². The van der Waals surface area contributed by atoms with Gasteiger partial charge in [-0.25, -0.2) is 14.6 Å². The van der Waals surface area contributed by atoms with E-state index in [-0.39, 0.29) is 6.61 Å². The zero-order valence-corrected chi connectivity index (χ0v) is 15.3. The van der Waals surface area contributed by atoms with Crippen molar-refractivity contribution in [3.63, 3.8) is 0 Å². The van der Waals surface area contributed by atoms with Gasteiger partial charge in [0.05, 0.1) is 23.2 Å². The predicted molar refractivity (Wildman–Crippen MR) is 97.1 cm³/mol. The highest BCUT2D eigenvalue weighted by atomic mass is 32.1. The number of rotatable bonds is 5. The number of nitrogens with zero attached hydrogens (tertiary/aromatic N) is 1. The van der Waals surface area contributed by atoms with Gasteiger partial charge in [0.25, 0.3) is 0 Å². The summed E-state index contributed by atoms with van der Waals surface area (Å²) in [5.41, 5.74) is 1.80. The number of aryl methyl sites for hydroxylation is 1. The Labute approximate surface area is 152 Å². The summed E-state index contributed by atoms with van der Waals surface area (Å²) in [5, 5.41) is 2.78. The lowest BCUT2D eigenvalue weighted by Gasteiger charge is -2.05. The van der Waals surface area contributed by atoms with E-state index in [1.54, 1.807) is 42.5 Å². The molecule has 3 rings (SSSR count). The van der Waals surface area contributed by atoms with Crippen LogP contribution in [0.4, 0.5) is 0 Å². The number of aromatic nitrogens is 1. The first-order chi connectivity index (χ1) is 12.1. The number of benzene rings is 1. The zero-order chi connectivity index (χ0) is 17.8. The van der Waals surface area contributed by atoms with Crippen LogP contribution in [0.25, 0.3) is 9.88 Å². The van der Waals surface area contributed by atoms with E-state index in [4.69, 9.17) is 4.74 Å². The first-order valence-electron chi connectivity index (χ1n) is 7.44. The third kappa shape index (κ3) is 3.94. The summed E-state index contributed by atoms with van der Waals surface area (Å²) in [5.74, 6) is -0.839. The van der Waals surface area contributed by atoms with Crippen LogP contribution in [0.2, 0.25) is 0 Å². The fourth-order valence-electron chi connectivity index (χ4n) is 2.21. The number of methoxy groups -OCH3 is 1. The van der Waals surface area contributed by atoms with Crippen LogP contribution in [-0.2, 0) is 16.1 Å². The summed E-state index contributed by atoms with van der Waals surface area (Å²) in [4.78, 5) is 29.9. The Hall–Kier alpha value is -2.51. The number of ether oxygens (including phenoxy) is 2. The summed E-state index contributed by atoms with van der Waals surface area (Å²) in [6.07, 6.45) is 0. The second kappa shape index (κ2) is 7.58. The molecule has 0 amide bonds. The highest BCUT2D eigenvalue weighted by Gasteiger charge is 2.18. The molecule has 5 nitrogen and oxygen atoms in total. The van der Waals surface area contributed by atoms with E-state index in [1.807, 2.05) is 17.5 Å². The van der Waals surface area contributed by atoms with Gasteiger partial charge in [-0.2, -0.15) is 0 Å². The van der Waals surface area contributed by atoms with Gasteiger partial charge in [0, 0.05) is 0 Å². The lowest BCUT2D eigenvalue weighted by atomic mass is 10.1. The zero-order valence-electron chi connectivity index (χ0n) is 13.6. The third-order valence-corrected chi connectivity index (χ3v) is 5.61. The van der Waals surface area contributed by atoms with Crippen molar-refractivity contribution in [2.45, 2.75) is 13.5 Å². The van der Waals surface area contributed by atoms with Crippen LogP contribution in [-0.4, -0.2) is 24.0 Å². The van der Waals surface area contributed by atoms with Crippen molar-refractivity contribution in [2.75, 3.05) is 7.11 Å². The van der Waals surface area contributed by atoms with Gasteiger partial charge in [0.2, 0.25) is 0 Å². The first kappa shape index (κ1) is 17.3. The summed E-state index contributed by atoms with van der Waals surface area (Å²) < 4.78 is 10.1. The smallest absolute Gasteiger partial charge is 0.350 e. The monoisotopic (exact) mass is 373 g/mol. The number of hydrogen-bond acceptors (Lipinski definition) is 7. The number of hydrogen-bond donors (Lipinski definition) is 0. The van der Waals surface area contributed by atoms with Crippen molar-refractivity contribution in [1.29, 1.82) is 0 Å². The maximum Gasteiger partial charge on any atom is 0.350 e. The molecule has 0 aliphatic heterocycles. The largest absolute Gasteiger partial charge is 0.465 e. The molecule has 128 valence electrons. The molecule has 0 bridgehead atoms. The van der Waals surface area contributed by atoms with E-state index in [0.29, 0.717) is 16.1 Å². The van der Waals surface area contributed by atoms with Gasteiger partial charge in [-0.15, -0.1) is 22.7 Å². The van der Waals surface area contributed by atoms with Crippen LogP contribution in [0, 0.1) is 6.92 Å². The van der Waals surface area contributed by atoms with Gasteiger partial charge in [0.1, 0.15) is 16.5 Å². The molecule has 25 heavy (non-hydrogen) atoms. The topological polar surface area (TPSA) is 65.5 Å². The van der Waals surface area contributed by atoms with E-state index < -0.39 is 11.9 Å². The van der Waals surface area contributed by atoms with E-state index in [0.717, 1.165) is 15.4 Å². The number of carbonyl (C=O) groups excluding carboxylic acids is 2. The van der Waals surface area contributed by atoms with Crippen molar-refractivity contribution >= 4 is 34.6 Å². The van der Waals surface area contributed by atoms with Crippen LogP contribution in [0.1, 0.15) is 31.3 Å². The Balaban J connectivity index is 1.70. The molecule has 0 saturated carbocycles. The molecule has 0 saturated heterocycles. The van der Waals surface area contributed by atoms with Gasteiger partial charge in [-0.05, 0) is 36.1 Å². The minimum atomic E-state index is -0.424. The second-order valence-electron chi connectivity index (χ2n) is 5.18. The SMILES string of the molecule is COC(=O)c1cccc(COC(=O)c2sc(-c3cccs3)nc2C)c1. The van der Waals surface area contributed by atoms with Crippen LogP contribution >= 0.6 is 22.7 Å². The van der Waals surface area contributed by atoms with E-state index >= 15 is 0 Å². The molecule has 0 unspecified atom stereocenters. The van der Waals surface area contributed by atoms with E-state index in [2.05, 4.69) is 9.72 Å². The summed E-state index contributed by atoms with van der Waals surface area (Å²) in [7, 11) is 1.33. The van der Waals surface area contributed by atoms with E-state index in [9.17, 15) is 9.59 Å². The third-order valence-electron chi connectivity index (χ3n) is 3.43. The Kier molecular flexibility index (Phi) is 5.25. The van der Waals surface area contributed by atoms with Crippen molar-refractivity contribution in [3.8, 4) is 9.88 Å². The van der Waals surface area contributed by atoms with Crippen molar-refractivity contribution < 1.29 is 19.1 Å². The number of thiophene rings is 1. The van der Waals surface area contributed by atoms with Gasteiger partial charge in [0.15, 0.2) is 0 Å². The molecule has 0 fully saturated rings. The lowest BCUT2D eigenvalue weighted by molar-refractivity contribution is 0.0477. The van der Waals surface area contributed by atoms with Crippen LogP contribution < -0.4 is 0 Å². The molecular weight excluding hydrogens is 358 g/mol. The Bertz CT molecular complexity index is 900. The summed E-state index contributed by atoms with van der Waals surface area (Å²) in [6, 6.07) is 10.7. The molecule has 7 heteroatoms. The fraction of sp³-hybridized carbons (Fsp3) is 0.167. The Morgan fingerprint density at radius 1 is 1.16 bits per heavy atom. The minimum Gasteiger partial charge on any atom is -0.465 e. The Morgan fingerprint density at radius 3 is 2.72 bits per heavy atom. The average Bonchev–Trinajstić information content (AvgIpc) is 3.28. The molecular formula is C18H15NO4S2. The molecule has 1 aromatic carbocycles. The summed E-state index contributed by atoms with van der Waals surface area (Å²) in [6.45, 7) is 1.87. The standard InChI is InChI=1S/C18H15NO4S2/c1-11-15(25-16(19-11)14-7-4-8-24-14)18(21)23-10-12-5-3-6-13(9-12)17(20)22-2/h3-9H,10H2,1-2H3. The quantitative estimate of drug-likeness (QED) is 0.623. The molecule has 0 N–H and O–H groups in total. The van der Waals surface area contributed by atoms with Gasteiger partial charge in [-0.1, -0.05) is 18.2 Å². The molecule has 0 atom stereocenters. The van der Waals surface area contributed by atoms with Crippen LogP contribution in [0.5, 0.6) is 0 Å². The van der Waals surface area contributed by atoms with Crippen LogP contribution in [0.3, 0.4) is 0 Å². The van der Waals surface area contributed by atoms with Crippen LogP contribution in [0.15, 0.2) is 41.8 Å². The fourth-order valence-corrected chi connectivity index (χ4v) is 3.97. The average molecular weight is 373 g/mol. The molecule has 0 aliphatic carbocycles. The van der Waals surface area contributed by atoms with Gasteiger partial charge < -0.3 is 9.47 Å². The van der Waals surface area contributed by atoms with E-state index in [1.165, 1.54) is 18.4 Å². The maximum absolute atomic E-state index is 12.4. The first-order valence-corrected chi connectivity index (χ1v) is 9.14. The van der Waals surface area contributed by atoms with Crippen molar-refractivity contribution in [3.05, 3.63) is 63.5 Å². The summed E-state index contributed by atoms with van der Waals surface area (Å²) >= 11 is 2.90.